The van der Waals surface area contributed by atoms with Crippen LogP contribution < -0.4 is 5.32 Å². The first-order valence-electron chi connectivity index (χ1n) is 15.2. The van der Waals surface area contributed by atoms with E-state index < -0.39 is 18.3 Å². The van der Waals surface area contributed by atoms with Crippen molar-refractivity contribution in [1.82, 2.24) is 13.5 Å². The van der Waals surface area contributed by atoms with Crippen LogP contribution in [0.4, 0.5) is 5.69 Å². The maximum Gasteiger partial charge on any atom is 0.260 e. The number of sulfonamides is 1. The van der Waals surface area contributed by atoms with Crippen molar-refractivity contribution in [2.75, 3.05) is 18.4 Å². The minimum atomic E-state index is -3.79. The number of aromatic nitrogens is 2. The number of rotatable bonds is 10. The molecule has 1 atom stereocenters. The number of nitrogens with one attached hydrogen (secondary N) is 1. The molecule has 0 aliphatic carbocycles. The quantitative estimate of drug-likeness (QED) is 0.244. The van der Waals surface area contributed by atoms with Crippen LogP contribution in [0.25, 0.3) is 11.0 Å². The normalized spacial score (nSPS) is 16.7. The summed E-state index contributed by atoms with van der Waals surface area (Å²) < 4.78 is 31.4. The van der Waals surface area contributed by atoms with E-state index >= 15 is 0 Å². The number of hydrogen-bond donors (Lipinski definition) is 1. The molecule has 1 unspecified atom stereocenters. The first kappa shape index (κ1) is 31.4. The number of amides is 1. The summed E-state index contributed by atoms with van der Waals surface area (Å²) in [5, 5.41) is 4.09. The Morgan fingerprint density at radius 3 is 2.05 bits per heavy atom. The zero-order valence-electron chi connectivity index (χ0n) is 26.0. The van der Waals surface area contributed by atoms with Gasteiger partial charge in [0.2, 0.25) is 5.91 Å². The summed E-state index contributed by atoms with van der Waals surface area (Å²) in [7, 11) is -5.89. The van der Waals surface area contributed by atoms with Crippen LogP contribution in [0, 0.1) is 5.92 Å². The highest BCUT2D eigenvalue weighted by Gasteiger charge is 2.46. The fourth-order valence-corrected chi connectivity index (χ4v) is 15.1. The van der Waals surface area contributed by atoms with E-state index in [1.54, 1.807) is 6.07 Å². The number of piperidine rings is 1. The zero-order chi connectivity index (χ0) is 30.1. The van der Waals surface area contributed by atoms with Gasteiger partial charge in [0.1, 0.15) is 5.65 Å². The summed E-state index contributed by atoms with van der Waals surface area (Å²) >= 11 is 0. The van der Waals surface area contributed by atoms with Gasteiger partial charge in [-0.25, -0.2) is 13.4 Å². The second-order valence-electron chi connectivity index (χ2n) is 12.7. The second-order valence-corrected chi connectivity index (χ2v) is 20.3. The SMILES string of the molecule is CCC(C)c1ccc(NC(=O)C2CCN(S(=O)(=O)c3ccc4ccn([Si](C(C)C)(C(C)C)C(C)C)c4n3)CC2)cc1. The van der Waals surface area contributed by atoms with Gasteiger partial charge in [0, 0.05) is 30.1 Å². The van der Waals surface area contributed by atoms with E-state index in [-0.39, 0.29) is 16.9 Å². The van der Waals surface area contributed by atoms with E-state index in [4.69, 9.17) is 4.98 Å². The van der Waals surface area contributed by atoms with Crippen molar-refractivity contribution in [3.8, 4) is 0 Å². The number of fused-ring (bicyclic) bond motifs is 1. The molecule has 1 N–H and O–H groups in total. The maximum atomic E-state index is 13.8. The summed E-state index contributed by atoms with van der Waals surface area (Å²) in [5.41, 5.74) is 4.19. The highest BCUT2D eigenvalue weighted by Crippen LogP contribution is 2.44. The van der Waals surface area contributed by atoms with Gasteiger partial charge >= 0.3 is 0 Å². The lowest BCUT2D eigenvalue weighted by Crippen LogP contribution is -2.51. The Morgan fingerprint density at radius 1 is 0.927 bits per heavy atom. The number of hydrogen-bond acceptors (Lipinski definition) is 4. The predicted molar refractivity (Wildman–Crippen MR) is 171 cm³/mol. The number of benzene rings is 1. The molecule has 3 aromatic rings. The minimum absolute atomic E-state index is 0.0481. The average Bonchev–Trinajstić information content (AvgIpc) is 3.36. The average molecular weight is 597 g/mol. The summed E-state index contributed by atoms with van der Waals surface area (Å²) in [6, 6.07) is 13.6. The molecule has 1 amide bonds. The van der Waals surface area contributed by atoms with Crippen molar-refractivity contribution in [2.24, 2.45) is 5.92 Å². The second kappa shape index (κ2) is 12.4. The molecular weight excluding hydrogens is 549 g/mol. The van der Waals surface area contributed by atoms with Gasteiger partial charge in [-0.2, -0.15) is 4.31 Å². The van der Waals surface area contributed by atoms with E-state index in [2.05, 4.69) is 89.3 Å². The van der Waals surface area contributed by atoms with E-state index in [0.717, 1.165) is 23.1 Å². The molecule has 1 aliphatic rings. The Morgan fingerprint density at radius 2 is 1.51 bits per heavy atom. The van der Waals surface area contributed by atoms with Crippen LogP contribution in [-0.2, 0) is 14.8 Å². The Balaban J connectivity index is 1.51. The third-order valence-electron chi connectivity index (χ3n) is 9.49. The standard InChI is InChI=1S/C32H48N4O3SSi/c1-9-25(8)26-10-13-29(14-11-26)33-32(37)28-16-19-35(20-17-28)40(38,39)30-15-12-27-18-21-36(31(27)34-30)41(22(2)3,23(4)5)24(6)7/h10-15,18,21-25,28H,9,16-17,19-20H2,1-8H3,(H,33,37). The molecule has 1 aliphatic heterocycles. The highest BCUT2D eigenvalue weighted by atomic mass is 32.2. The number of carbonyl (C=O) groups is 1. The van der Waals surface area contributed by atoms with Gasteiger partial charge in [-0.05, 0) is 83.9 Å². The van der Waals surface area contributed by atoms with Crippen molar-refractivity contribution in [1.29, 1.82) is 0 Å². The van der Waals surface area contributed by atoms with Gasteiger partial charge < -0.3 is 9.55 Å². The smallest absolute Gasteiger partial charge is 0.260 e. The summed E-state index contributed by atoms with van der Waals surface area (Å²) in [6.07, 6.45) is 4.17. The molecule has 4 rings (SSSR count). The Kier molecular flexibility index (Phi) is 9.51. The fraction of sp³-hybridized carbons (Fsp3) is 0.562. The highest BCUT2D eigenvalue weighted by molar-refractivity contribution is 7.89. The molecule has 0 spiro atoms. The number of nitrogens with zero attached hydrogens (tertiary/aromatic N) is 3. The van der Waals surface area contributed by atoms with Crippen molar-refractivity contribution in [2.45, 2.75) is 102 Å². The number of pyridine rings is 1. The lowest BCUT2D eigenvalue weighted by molar-refractivity contribution is -0.120. The molecule has 3 heterocycles. The monoisotopic (exact) mass is 596 g/mol. The van der Waals surface area contributed by atoms with Gasteiger partial charge in [-0.3, -0.25) is 4.79 Å². The Labute approximate surface area is 247 Å². The van der Waals surface area contributed by atoms with Crippen LogP contribution in [0.3, 0.4) is 0 Å². The van der Waals surface area contributed by atoms with Gasteiger partial charge in [-0.1, -0.05) is 67.5 Å². The minimum Gasteiger partial charge on any atom is -0.359 e. The van der Waals surface area contributed by atoms with Gasteiger partial charge in [-0.15, -0.1) is 0 Å². The van der Waals surface area contributed by atoms with E-state index in [9.17, 15) is 13.2 Å². The molecule has 0 saturated carbocycles. The third-order valence-corrected chi connectivity index (χ3v) is 18.0. The van der Waals surface area contributed by atoms with Crippen LogP contribution in [0.1, 0.15) is 86.1 Å². The first-order chi connectivity index (χ1) is 19.3. The largest absolute Gasteiger partial charge is 0.359 e. The topological polar surface area (TPSA) is 84.3 Å². The van der Waals surface area contributed by atoms with Gasteiger partial charge in [0.05, 0.1) is 0 Å². The molecule has 1 fully saturated rings. The van der Waals surface area contributed by atoms with Crippen molar-refractivity contribution in [3.63, 3.8) is 0 Å². The van der Waals surface area contributed by atoms with Crippen LogP contribution >= 0.6 is 0 Å². The molecule has 224 valence electrons. The molecular formula is C32H48N4O3SSi. The molecule has 41 heavy (non-hydrogen) atoms. The van der Waals surface area contributed by atoms with Crippen molar-refractivity contribution >= 4 is 40.9 Å². The third kappa shape index (κ3) is 5.90. The molecule has 1 aromatic carbocycles. The summed E-state index contributed by atoms with van der Waals surface area (Å²) in [6.45, 7) is 18.7. The molecule has 2 aromatic heterocycles. The molecule has 9 heteroatoms. The predicted octanol–water partition coefficient (Wildman–Crippen LogP) is 7.61. The molecule has 7 nitrogen and oxygen atoms in total. The van der Waals surface area contributed by atoms with E-state index in [1.165, 1.54) is 9.87 Å². The van der Waals surface area contributed by atoms with E-state index in [0.29, 0.717) is 48.5 Å². The Hall–Kier alpha value is -2.49. The maximum absolute atomic E-state index is 13.8. The van der Waals surface area contributed by atoms with Crippen LogP contribution in [0.15, 0.2) is 53.7 Å². The van der Waals surface area contributed by atoms with Crippen LogP contribution in [0.5, 0.6) is 0 Å². The van der Waals surface area contributed by atoms with Gasteiger partial charge in [0.25, 0.3) is 10.0 Å². The Bertz CT molecular complexity index is 1430. The van der Waals surface area contributed by atoms with Crippen LogP contribution in [-0.4, -0.2) is 49.2 Å². The summed E-state index contributed by atoms with van der Waals surface area (Å²) in [4.78, 5) is 17.8. The lowest BCUT2D eigenvalue weighted by Gasteiger charge is -2.44. The molecule has 1 saturated heterocycles. The first-order valence-corrected chi connectivity index (χ1v) is 18.8. The fourth-order valence-electron chi connectivity index (χ4n) is 7.15. The van der Waals surface area contributed by atoms with Gasteiger partial charge in [0.15, 0.2) is 13.3 Å². The number of carbonyl (C=O) groups excluding carboxylic acids is 1. The van der Waals surface area contributed by atoms with Crippen molar-refractivity contribution in [3.05, 3.63) is 54.2 Å². The lowest BCUT2D eigenvalue weighted by atomic mass is 9.96. The zero-order valence-corrected chi connectivity index (χ0v) is 27.8. The van der Waals surface area contributed by atoms with Crippen LogP contribution in [0.2, 0.25) is 16.6 Å². The van der Waals surface area contributed by atoms with E-state index in [1.807, 2.05) is 18.2 Å². The molecule has 0 bridgehead atoms. The summed E-state index contributed by atoms with van der Waals surface area (Å²) in [5.74, 6) is 0.210. The van der Waals surface area contributed by atoms with Crippen molar-refractivity contribution < 1.29 is 13.2 Å². The number of anilines is 1. The molecule has 0 radical (unpaired) electrons.